The van der Waals surface area contributed by atoms with Gasteiger partial charge in [0.15, 0.2) is 0 Å². The molecule has 22 heteroatoms. The molecular weight excluding hydrogens is 2060 g/mol. The number of benzene rings is 21. The first-order valence-corrected chi connectivity index (χ1v) is 66.7. The molecule has 0 spiro atoms. The van der Waals surface area contributed by atoms with Gasteiger partial charge in [-0.05, 0) is 192 Å². The van der Waals surface area contributed by atoms with Crippen LogP contribution in [0, 0.1) is 0 Å². The second-order valence-electron chi connectivity index (χ2n) is 34.5. The fourth-order valence-electron chi connectivity index (χ4n) is 18.2. The highest BCUT2D eigenvalue weighted by Gasteiger charge is 2.40. The van der Waals surface area contributed by atoms with Crippen LogP contribution in [0.4, 0.5) is 0 Å². The molecule has 0 aliphatic carbocycles. The summed E-state index contributed by atoms with van der Waals surface area (Å²) in [5.41, 5.74) is 0. The molecule has 0 unspecified atom stereocenters. The molecule has 0 amide bonds. The largest absolute Gasteiger partial charge is 0.419 e. The molecule has 0 radical (unpaired) electrons. The first-order valence-electron chi connectivity index (χ1n) is 48.4. The van der Waals surface area contributed by atoms with Gasteiger partial charge in [-0.1, -0.05) is 504 Å². The first-order chi connectivity index (χ1) is 72.8. The van der Waals surface area contributed by atoms with Gasteiger partial charge in [-0.15, -0.1) is 0 Å². The van der Waals surface area contributed by atoms with Gasteiger partial charge in [0, 0.05) is 83.2 Å². The van der Waals surface area contributed by atoms with Crippen LogP contribution in [0.5, 0.6) is 34.5 Å². The molecule has 0 atom stereocenters. The fourth-order valence-corrected chi connectivity index (χ4v) is 50.9. The zero-order chi connectivity index (χ0) is 100. The van der Waals surface area contributed by atoms with Crippen LogP contribution in [0.3, 0.4) is 0 Å². The van der Waals surface area contributed by atoms with Crippen LogP contribution < -0.4 is 139 Å². The molecule has 21 rings (SSSR count). The maximum Gasteiger partial charge on any atom is 0.413 e. The first kappa shape index (κ1) is 101. The van der Waals surface area contributed by atoms with Gasteiger partial charge in [0.2, 0.25) is 0 Å². The summed E-state index contributed by atoms with van der Waals surface area (Å²) < 4.78 is 64.0. The van der Waals surface area contributed by atoms with Crippen LogP contribution in [0.1, 0.15) is 0 Å². The van der Waals surface area contributed by atoms with Crippen molar-refractivity contribution < 1.29 is 27.1 Å². The number of nitrogens with zero attached hydrogens (tertiary/aromatic N) is 3. The summed E-state index contributed by atoms with van der Waals surface area (Å²) in [6.45, 7) is -12.1. The van der Waals surface area contributed by atoms with Crippen LogP contribution >= 0.6 is 72.8 Å². The predicted molar refractivity (Wildman–Crippen MR) is 650 cm³/mol. The van der Waals surface area contributed by atoms with E-state index in [9.17, 15) is 0 Å². The van der Waals surface area contributed by atoms with Gasteiger partial charge in [-0.25, -0.2) is 0 Å². The quantitative estimate of drug-likeness (QED) is 0.0356. The highest BCUT2D eigenvalue weighted by molar-refractivity contribution is 8.13. The molecule has 148 heavy (non-hydrogen) atoms. The van der Waals surface area contributed by atoms with E-state index in [4.69, 9.17) is 76.1 Å². The molecule has 0 aliphatic heterocycles. The van der Waals surface area contributed by atoms with Crippen molar-refractivity contribution in [3.05, 3.63) is 601 Å². The second-order valence-corrected chi connectivity index (χ2v) is 62.0. The average Bonchev–Trinajstić information content (AvgIpc) is 0.716. The lowest BCUT2D eigenvalue weighted by atomic mass is 10.3. The van der Waals surface area contributed by atoms with Crippen molar-refractivity contribution in [2.75, 3.05) is 0 Å². The van der Waals surface area contributed by atoms with E-state index in [2.05, 4.69) is 485 Å². The van der Waals surface area contributed by atoms with Crippen molar-refractivity contribution in [3.8, 4) is 34.5 Å². The minimum atomic E-state index is -4.15. The number of hydrogen-bond acceptors (Lipinski definition) is 9. The van der Waals surface area contributed by atoms with E-state index in [1.807, 2.05) is 115 Å². The Labute approximate surface area is 887 Å². The topological polar surface area (TPSA) is 92.5 Å². The Bertz CT molecular complexity index is 7300. The van der Waals surface area contributed by atoms with E-state index in [0.29, 0.717) is 34.5 Å². The fraction of sp³-hybridized carbons (Fsp3) is 0. The van der Waals surface area contributed by atoms with Gasteiger partial charge < -0.3 is 27.1 Å². The Kier molecular flexibility index (Phi) is 32.0. The van der Waals surface area contributed by atoms with E-state index >= 15 is 0 Å². The zero-order valence-electron chi connectivity index (χ0n) is 80.1. The lowest BCUT2D eigenvalue weighted by Gasteiger charge is -2.31. The average molecular weight is 2160 g/mol. The van der Waals surface area contributed by atoms with E-state index in [-0.39, 0.29) is 0 Å². The van der Waals surface area contributed by atoms with Gasteiger partial charge in [0.1, 0.15) is 34.5 Å². The molecule has 722 valence electrons. The molecule has 0 aromatic heterocycles. The third-order valence-electron chi connectivity index (χ3n) is 24.9. The Morgan fingerprint density at radius 2 is 0.223 bits per heavy atom. The van der Waals surface area contributed by atoms with E-state index in [1.54, 1.807) is 0 Å². The van der Waals surface area contributed by atoms with Gasteiger partial charge in [-0.2, -0.15) is 13.5 Å². The van der Waals surface area contributed by atoms with Crippen LogP contribution in [0.15, 0.2) is 614 Å². The highest BCUT2D eigenvalue weighted by atomic mass is 32.5. The van der Waals surface area contributed by atoms with E-state index in [1.165, 1.54) is 42.4 Å². The molecule has 9 nitrogen and oxygen atoms in total. The second kappa shape index (κ2) is 47.1. The Morgan fingerprint density at radius 1 is 0.122 bits per heavy atom. The molecule has 0 N–H and O–H groups in total. The lowest BCUT2D eigenvalue weighted by molar-refractivity contribution is 0.488. The van der Waals surface area contributed by atoms with Crippen molar-refractivity contribution in [2.45, 2.75) is 0 Å². The summed E-state index contributed by atoms with van der Waals surface area (Å²) >= 11 is 21.7. The van der Waals surface area contributed by atoms with Gasteiger partial charge in [0.05, 0.1) is 21.2 Å². The summed E-state index contributed by atoms with van der Waals surface area (Å²) in [6.07, 6.45) is 0. The standard InChI is InChI=1S/C126H99N3O6P10S3/c146-143(127-140(118-62-32-9-33-63-118,119-64-34-10-35-65-119)120-66-36-11-37-67-120,134-104-84-96-125(97-85-104)141(121-68-38-12-39-69-121,122-70-40-13-41-71-122)128-144(147,130-100-76-88-114(89-77-100)136(106-46-16-1-17-47-106)107-48-18-2-19-49-107)131-101-78-90-115(91-79-101)137(108-50-20-3-21-51-108)109-52-22-4-23-53-109)135-105-86-98-126(99-87-105)142(123-72-42-14-43-73-123,124-74-44-15-45-75-124)129-145(148,132-102-80-92-116(93-81-102)138(110-54-24-5-25-55-110)111-56-26-6-27-57-111)133-103-82-94-117(95-83-103)139(112-58-28-7-29-59-112)113-60-30-8-31-61-113/h1-99H. The van der Waals surface area contributed by atoms with Crippen LogP contribution in [0.2, 0.25) is 0 Å². The van der Waals surface area contributed by atoms with Crippen molar-refractivity contribution in [3.63, 3.8) is 0 Å². The monoisotopic (exact) mass is 2160 g/mol. The molecule has 21 aromatic carbocycles. The third-order valence-corrected chi connectivity index (χ3v) is 55.9. The molecule has 0 saturated heterocycles. The lowest BCUT2D eigenvalue weighted by Crippen LogP contribution is -2.26. The summed E-state index contributed by atoms with van der Waals surface area (Å²) in [4.78, 5) is 0. The Morgan fingerprint density at radius 3 is 0.351 bits per heavy atom. The Balaban J connectivity index is 0.712. The van der Waals surface area contributed by atoms with E-state index in [0.717, 1.165) is 69.0 Å². The van der Waals surface area contributed by atoms with Gasteiger partial charge in [0.25, 0.3) is 0 Å². The molecule has 0 saturated carbocycles. The number of hydrogen-bond donors (Lipinski definition) is 0. The van der Waals surface area contributed by atoms with Crippen LogP contribution in [-0.2, 0) is 35.4 Å². The maximum absolute atomic E-state index is 7.71. The molecule has 0 bridgehead atoms. The van der Waals surface area contributed by atoms with Crippen molar-refractivity contribution in [2.24, 2.45) is 13.5 Å². The summed E-state index contributed by atoms with van der Waals surface area (Å²) in [6, 6.07) is 208. The summed E-state index contributed by atoms with van der Waals surface area (Å²) in [5, 5.41) is 22.5. The normalized spacial score (nSPS) is 11.8. The van der Waals surface area contributed by atoms with E-state index < -0.39 is 72.8 Å². The van der Waals surface area contributed by atoms with Crippen LogP contribution in [0.25, 0.3) is 0 Å². The maximum atomic E-state index is 7.71. The zero-order valence-corrected chi connectivity index (χ0v) is 91.5. The molecule has 0 aliphatic rings. The predicted octanol–water partition coefficient (Wildman–Crippen LogP) is 26.3. The molecule has 21 aromatic rings. The van der Waals surface area contributed by atoms with Crippen molar-refractivity contribution in [1.82, 2.24) is 0 Å². The van der Waals surface area contributed by atoms with Crippen molar-refractivity contribution in [1.29, 1.82) is 0 Å². The SMILES string of the molecule is S=P(N=P(c1ccccc1)(c1ccccc1)c1ccccc1)(Oc1ccc(P(=NP(=S)(Oc2ccc(P(c3ccccc3)c3ccccc3)cc2)Oc2ccc(P(c3ccccc3)c3ccccc3)cc2)(c2ccccc2)c2ccccc2)cc1)Oc1ccc(P(=NP(=S)(Oc2ccc(P(c3ccccc3)c3ccccc3)cc2)Oc2ccc(P(c3ccccc3)c3ccccc3)cc2)(c2ccccc2)c2ccccc2)cc1. The minimum absolute atomic E-state index is 0.399. The van der Waals surface area contributed by atoms with Crippen LogP contribution in [-0.4, -0.2) is 0 Å². The summed E-state index contributed by atoms with van der Waals surface area (Å²) in [5.74, 6) is 2.84. The molecule has 0 fully saturated rings. The van der Waals surface area contributed by atoms with Gasteiger partial charge >= 0.3 is 19.9 Å². The minimum Gasteiger partial charge on any atom is -0.419 e. The molecular formula is C126H99N3O6P10S3. The summed E-state index contributed by atoms with van der Waals surface area (Å²) in [7, 11) is -14.0. The highest BCUT2D eigenvalue weighted by Crippen LogP contribution is 2.66. The third kappa shape index (κ3) is 23.0. The number of rotatable bonds is 36. The van der Waals surface area contributed by atoms with Crippen molar-refractivity contribution >= 4 is 220 Å². The van der Waals surface area contributed by atoms with Gasteiger partial charge in [-0.3, -0.25) is 0 Å². The Hall–Kier alpha value is -13.2. The smallest absolute Gasteiger partial charge is 0.413 e. The molecule has 0 heterocycles.